The first-order valence-corrected chi connectivity index (χ1v) is 13.4. The fourth-order valence-corrected chi connectivity index (χ4v) is 5.40. The monoisotopic (exact) mass is 536 g/mol. The molecule has 2 heterocycles. The Morgan fingerprint density at radius 2 is 1.78 bits per heavy atom. The van der Waals surface area contributed by atoms with E-state index in [2.05, 4.69) is 21.6 Å². The number of thioether (sulfide) groups is 1. The van der Waals surface area contributed by atoms with Crippen LogP contribution in [0.1, 0.15) is 32.9 Å². The molecule has 0 aliphatic rings. The van der Waals surface area contributed by atoms with E-state index < -0.39 is 5.97 Å². The molecule has 0 unspecified atom stereocenters. The quantitative estimate of drug-likeness (QED) is 0.221. The Bertz CT molecular complexity index is 1430. The van der Waals surface area contributed by atoms with Crippen LogP contribution in [0.4, 0.5) is 5.00 Å². The van der Waals surface area contributed by atoms with Gasteiger partial charge in [0.25, 0.3) is 0 Å². The Balaban J connectivity index is 1.40. The van der Waals surface area contributed by atoms with E-state index in [1.165, 1.54) is 35.8 Å². The summed E-state index contributed by atoms with van der Waals surface area (Å²) < 4.78 is 12.7. The average molecular weight is 537 g/mol. The number of hydrogen-bond acceptors (Lipinski definition) is 8. The maximum atomic E-state index is 12.8. The molecule has 192 valence electrons. The third-order valence-electron chi connectivity index (χ3n) is 5.74. The van der Waals surface area contributed by atoms with E-state index >= 15 is 0 Å². The molecule has 10 heteroatoms. The number of anilines is 1. The number of thiophene rings is 1. The minimum Gasteiger partial charge on any atom is -0.485 e. The maximum absolute atomic E-state index is 12.8. The molecule has 0 saturated heterocycles. The van der Waals surface area contributed by atoms with Crippen LogP contribution in [0.2, 0.25) is 0 Å². The second-order valence-electron chi connectivity index (χ2n) is 8.56. The van der Waals surface area contributed by atoms with Gasteiger partial charge in [-0.2, -0.15) is 0 Å². The first-order chi connectivity index (χ1) is 17.8. The number of methoxy groups -OCH3 is 1. The zero-order chi connectivity index (χ0) is 26.5. The van der Waals surface area contributed by atoms with Crippen molar-refractivity contribution in [1.82, 2.24) is 14.8 Å². The summed E-state index contributed by atoms with van der Waals surface area (Å²) in [4.78, 5) is 25.3. The second-order valence-corrected chi connectivity index (χ2v) is 10.4. The van der Waals surface area contributed by atoms with E-state index in [9.17, 15) is 9.59 Å². The molecule has 0 atom stereocenters. The standard InChI is InChI=1S/C27H28N4O4S2/c1-16-6-9-19(10-7-16)20-14-36-25(24(20)26(33)34-5)28-23(32)15-37-27-30-29-22(31(27)4)13-35-21-11-8-17(2)12-18(21)3/h6-12,14H,13,15H2,1-5H3,(H,28,32). The zero-order valence-corrected chi connectivity index (χ0v) is 23.0. The van der Waals surface area contributed by atoms with Crippen LogP contribution in [-0.4, -0.2) is 39.5 Å². The highest BCUT2D eigenvalue weighted by Crippen LogP contribution is 2.36. The van der Waals surface area contributed by atoms with Gasteiger partial charge in [0.1, 0.15) is 22.9 Å². The molecule has 0 aliphatic carbocycles. The third kappa shape index (κ3) is 6.20. The van der Waals surface area contributed by atoms with Crippen molar-refractivity contribution in [3.05, 3.63) is 75.9 Å². The van der Waals surface area contributed by atoms with Crippen molar-refractivity contribution in [2.24, 2.45) is 7.05 Å². The lowest BCUT2D eigenvalue weighted by Gasteiger charge is -2.10. The number of carbonyl (C=O) groups excluding carboxylic acids is 2. The Morgan fingerprint density at radius 1 is 1.05 bits per heavy atom. The van der Waals surface area contributed by atoms with Crippen molar-refractivity contribution in [2.45, 2.75) is 32.5 Å². The summed E-state index contributed by atoms with van der Waals surface area (Å²) in [5, 5.41) is 14.2. The lowest BCUT2D eigenvalue weighted by Crippen LogP contribution is -2.16. The normalized spacial score (nSPS) is 10.8. The molecule has 8 nitrogen and oxygen atoms in total. The summed E-state index contributed by atoms with van der Waals surface area (Å²) in [5.74, 6) is 0.786. The van der Waals surface area contributed by atoms with Crippen LogP contribution in [0.3, 0.4) is 0 Å². The molecule has 0 spiro atoms. The number of amides is 1. The first kappa shape index (κ1) is 26.4. The van der Waals surface area contributed by atoms with Crippen molar-refractivity contribution in [3.63, 3.8) is 0 Å². The fraction of sp³-hybridized carbons (Fsp3) is 0.259. The number of aryl methyl sites for hydroxylation is 3. The van der Waals surface area contributed by atoms with Gasteiger partial charge >= 0.3 is 5.97 Å². The van der Waals surface area contributed by atoms with E-state index in [-0.39, 0.29) is 18.3 Å². The van der Waals surface area contributed by atoms with Crippen LogP contribution in [-0.2, 0) is 23.2 Å². The van der Waals surface area contributed by atoms with Gasteiger partial charge in [0.15, 0.2) is 11.0 Å². The summed E-state index contributed by atoms with van der Waals surface area (Å²) in [6.07, 6.45) is 0. The molecule has 1 amide bonds. The highest BCUT2D eigenvalue weighted by Gasteiger charge is 2.23. The number of nitrogens with zero attached hydrogens (tertiary/aromatic N) is 3. The Kier molecular flexibility index (Phi) is 8.30. The number of benzene rings is 2. The molecule has 2 aromatic carbocycles. The third-order valence-corrected chi connectivity index (χ3v) is 7.66. The van der Waals surface area contributed by atoms with E-state index in [0.29, 0.717) is 21.5 Å². The highest BCUT2D eigenvalue weighted by molar-refractivity contribution is 7.99. The van der Waals surface area contributed by atoms with E-state index in [1.54, 1.807) is 0 Å². The molecule has 0 fully saturated rings. The van der Waals surface area contributed by atoms with Gasteiger partial charge in [0, 0.05) is 18.0 Å². The number of nitrogens with one attached hydrogen (secondary N) is 1. The minimum absolute atomic E-state index is 0.0995. The topological polar surface area (TPSA) is 95.3 Å². The number of ether oxygens (including phenoxy) is 2. The number of rotatable bonds is 9. The van der Waals surface area contributed by atoms with Crippen LogP contribution in [0.15, 0.2) is 53.0 Å². The molecule has 1 N–H and O–H groups in total. The lowest BCUT2D eigenvalue weighted by molar-refractivity contribution is -0.113. The SMILES string of the molecule is COC(=O)c1c(-c2ccc(C)cc2)csc1NC(=O)CSc1nnc(COc2ccc(C)cc2C)n1C. The molecule has 4 aromatic rings. The molecular formula is C27H28N4O4S2. The minimum atomic E-state index is -0.499. The molecule has 0 bridgehead atoms. The van der Waals surface area contributed by atoms with E-state index in [1.807, 2.05) is 74.2 Å². The first-order valence-electron chi connectivity index (χ1n) is 11.5. The molecule has 0 saturated carbocycles. The van der Waals surface area contributed by atoms with Gasteiger partial charge in [-0.05, 0) is 38.0 Å². The van der Waals surface area contributed by atoms with Gasteiger partial charge in [0.05, 0.1) is 12.9 Å². The summed E-state index contributed by atoms with van der Waals surface area (Å²) in [6, 6.07) is 13.9. The fourth-order valence-electron chi connectivity index (χ4n) is 3.69. The summed E-state index contributed by atoms with van der Waals surface area (Å²) in [5.41, 5.74) is 5.30. The predicted molar refractivity (Wildman–Crippen MR) is 146 cm³/mol. The van der Waals surface area contributed by atoms with Crippen molar-refractivity contribution in [2.75, 3.05) is 18.2 Å². The highest BCUT2D eigenvalue weighted by atomic mass is 32.2. The molecule has 4 rings (SSSR count). The average Bonchev–Trinajstić information content (AvgIpc) is 3.45. The van der Waals surface area contributed by atoms with Crippen LogP contribution in [0.25, 0.3) is 11.1 Å². The van der Waals surface area contributed by atoms with Crippen LogP contribution in [0, 0.1) is 20.8 Å². The molecule has 0 radical (unpaired) electrons. The smallest absolute Gasteiger partial charge is 0.341 e. The van der Waals surface area contributed by atoms with Crippen LogP contribution < -0.4 is 10.1 Å². The number of esters is 1. The van der Waals surface area contributed by atoms with Gasteiger partial charge in [-0.3, -0.25) is 4.79 Å². The van der Waals surface area contributed by atoms with Gasteiger partial charge in [0.2, 0.25) is 5.91 Å². The van der Waals surface area contributed by atoms with E-state index in [4.69, 9.17) is 9.47 Å². The van der Waals surface area contributed by atoms with Gasteiger partial charge in [-0.1, -0.05) is 59.3 Å². The molecule has 2 aromatic heterocycles. The summed E-state index contributed by atoms with van der Waals surface area (Å²) in [7, 11) is 3.17. The van der Waals surface area contributed by atoms with Crippen molar-refractivity contribution < 1.29 is 19.1 Å². The zero-order valence-electron chi connectivity index (χ0n) is 21.3. The van der Waals surface area contributed by atoms with Crippen LogP contribution in [0.5, 0.6) is 5.75 Å². The van der Waals surface area contributed by atoms with Crippen LogP contribution >= 0.6 is 23.1 Å². The van der Waals surface area contributed by atoms with Crippen molar-refractivity contribution >= 4 is 40.0 Å². The Morgan fingerprint density at radius 3 is 2.49 bits per heavy atom. The largest absolute Gasteiger partial charge is 0.485 e. The lowest BCUT2D eigenvalue weighted by atomic mass is 10.0. The predicted octanol–water partition coefficient (Wildman–Crippen LogP) is 5.57. The summed E-state index contributed by atoms with van der Waals surface area (Å²) in [6.45, 7) is 6.30. The summed E-state index contributed by atoms with van der Waals surface area (Å²) >= 11 is 2.55. The maximum Gasteiger partial charge on any atom is 0.341 e. The molecule has 37 heavy (non-hydrogen) atoms. The number of aromatic nitrogens is 3. The molecular weight excluding hydrogens is 508 g/mol. The van der Waals surface area contributed by atoms with Gasteiger partial charge in [-0.15, -0.1) is 21.5 Å². The van der Waals surface area contributed by atoms with Gasteiger partial charge in [-0.25, -0.2) is 4.79 Å². The molecule has 0 aliphatic heterocycles. The van der Waals surface area contributed by atoms with Crippen molar-refractivity contribution in [3.8, 4) is 16.9 Å². The Hall–Kier alpha value is -3.63. The van der Waals surface area contributed by atoms with E-state index in [0.717, 1.165) is 28.0 Å². The van der Waals surface area contributed by atoms with Gasteiger partial charge < -0.3 is 19.4 Å². The second kappa shape index (κ2) is 11.6. The number of hydrogen-bond donors (Lipinski definition) is 1. The Labute approximate surface area is 224 Å². The number of carbonyl (C=O) groups is 2. The van der Waals surface area contributed by atoms with Crippen molar-refractivity contribution in [1.29, 1.82) is 0 Å².